The number of carbonyl (C=O) groups excluding carboxylic acids is 2. The predicted molar refractivity (Wildman–Crippen MR) is 98.6 cm³/mol. The zero-order valence-corrected chi connectivity index (χ0v) is 15.3. The molecule has 0 saturated heterocycles. The Bertz CT molecular complexity index is 776. The lowest BCUT2D eigenvalue weighted by molar-refractivity contribution is -0.129. The molecule has 1 aromatic heterocycles. The Labute approximate surface area is 155 Å². The van der Waals surface area contributed by atoms with Crippen LogP contribution >= 0.6 is 11.3 Å². The van der Waals surface area contributed by atoms with Gasteiger partial charge >= 0.3 is 5.97 Å². The van der Waals surface area contributed by atoms with E-state index in [1.54, 1.807) is 30.5 Å². The molecule has 8 heteroatoms. The van der Waals surface area contributed by atoms with Gasteiger partial charge in [-0.15, -0.1) is 17.9 Å². The zero-order valence-electron chi connectivity index (χ0n) is 14.5. The molecule has 0 bridgehead atoms. The first-order valence-electron chi connectivity index (χ1n) is 7.97. The van der Waals surface area contributed by atoms with Crippen molar-refractivity contribution >= 4 is 28.3 Å². The van der Waals surface area contributed by atoms with Gasteiger partial charge < -0.3 is 15.4 Å². The van der Waals surface area contributed by atoms with Crippen molar-refractivity contribution in [3.63, 3.8) is 0 Å². The van der Waals surface area contributed by atoms with Crippen molar-refractivity contribution in [2.45, 2.75) is 26.0 Å². The van der Waals surface area contributed by atoms with E-state index >= 15 is 0 Å². The number of thiazole rings is 1. The van der Waals surface area contributed by atoms with Crippen LogP contribution < -0.4 is 10.6 Å². The van der Waals surface area contributed by atoms with Gasteiger partial charge in [0.1, 0.15) is 5.82 Å². The molecule has 2 unspecified atom stereocenters. The van der Waals surface area contributed by atoms with Gasteiger partial charge in [0.15, 0.2) is 16.9 Å². The number of nitrogens with one attached hydrogen (secondary N) is 2. The summed E-state index contributed by atoms with van der Waals surface area (Å²) >= 11 is 1.26. The summed E-state index contributed by atoms with van der Waals surface area (Å²) in [5.41, 5.74) is 0.878. The number of esters is 1. The molecule has 2 N–H and O–H groups in total. The first-order valence-corrected chi connectivity index (χ1v) is 8.85. The van der Waals surface area contributed by atoms with E-state index in [1.165, 1.54) is 30.4 Å². The average molecular weight is 377 g/mol. The molecule has 1 heterocycles. The van der Waals surface area contributed by atoms with Gasteiger partial charge in [0.25, 0.3) is 5.91 Å². The Morgan fingerprint density at radius 1 is 1.35 bits per heavy atom. The molecule has 0 aliphatic rings. The monoisotopic (exact) mass is 377 g/mol. The molecule has 2 aromatic rings. The van der Waals surface area contributed by atoms with Crippen LogP contribution in [0, 0.1) is 5.82 Å². The fourth-order valence-electron chi connectivity index (χ4n) is 2.05. The van der Waals surface area contributed by atoms with Gasteiger partial charge in [-0.05, 0) is 31.5 Å². The lowest BCUT2D eigenvalue weighted by atomic mass is 10.1. The van der Waals surface area contributed by atoms with Crippen molar-refractivity contribution in [2.24, 2.45) is 0 Å². The van der Waals surface area contributed by atoms with E-state index in [-0.39, 0.29) is 17.6 Å². The average Bonchev–Trinajstić information content (AvgIpc) is 3.09. The highest BCUT2D eigenvalue weighted by Gasteiger charge is 2.22. The predicted octanol–water partition coefficient (Wildman–Crippen LogP) is 3.30. The summed E-state index contributed by atoms with van der Waals surface area (Å²) in [6.45, 7) is 7.36. The van der Waals surface area contributed by atoms with Crippen molar-refractivity contribution in [2.75, 3.05) is 11.9 Å². The quantitative estimate of drug-likeness (QED) is 0.545. The molecule has 1 aromatic carbocycles. The van der Waals surface area contributed by atoms with Gasteiger partial charge in [0.05, 0.1) is 6.04 Å². The number of anilines is 1. The molecular formula is C18H20FN3O3S. The highest BCUT2D eigenvalue weighted by atomic mass is 32.1. The summed E-state index contributed by atoms with van der Waals surface area (Å²) in [6, 6.07) is 5.47. The van der Waals surface area contributed by atoms with Crippen molar-refractivity contribution in [3.05, 3.63) is 59.4 Å². The molecule has 0 saturated carbocycles. The molecule has 1 amide bonds. The minimum Gasteiger partial charge on any atom is -0.448 e. The lowest BCUT2D eigenvalue weighted by Gasteiger charge is -2.18. The Morgan fingerprint density at radius 3 is 2.69 bits per heavy atom. The Kier molecular flexibility index (Phi) is 6.85. The van der Waals surface area contributed by atoms with Gasteiger partial charge in [-0.2, -0.15) is 0 Å². The molecule has 0 fully saturated rings. The second-order valence-corrected chi connectivity index (χ2v) is 6.39. The first kappa shape index (κ1) is 19.6. The van der Waals surface area contributed by atoms with E-state index in [9.17, 15) is 14.0 Å². The Hall–Kier alpha value is -2.74. The van der Waals surface area contributed by atoms with E-state index in [0.29, 0.717) is 11.7 Å². The van der Waals surface area contributed by atoms with E-state index in [0.717, 1.165) is 5.56 Å². The molecule has 6 nitrogen and oxygen atoms in total. The second kappa shape index (κ2) is 9.10. The number of nitrogens with zero attached hydrogens (tertiary/aromatic N) is 1. The van der Waals surface area contributed by atoms with E-state index in [2.05, 4.69) is 22.2 Å². The normalized spacial score (nSPS) is 12.7. The largest absolute Gasteiger partial charge is 0.448 e. The molecule has 138 valence electrons. The standard InChI is InChI=1S/C18H20FN3O3S/c1-4-9-20-18-22-15(10-26-18)17(24)25-12(3)16(23)21-11(2)13-5-7-14(19)8-6-13/h4-8,10-12H,1,9H2,2-3H3,(H,20,22)(H,21,23). The Morgan fingerprint density at radius 2 is 2.04 bits per heavy atom. The summed E-state index contributed by atoms with van der Waals surface area (Å²) in [5.74, 6) is -1.47. The fourth-order valence-corrected chi connectivity index (χ4v) is 2.74. The first-order chi connectivity index (χ1) is 12.4. The third-order valence-electron chi connectivity index (χ3n) is 3.49. The maximum atomic E-state index is 13.0. The second-order valence-electron chi connectivity index (χ2n) is 5.54. The maximum absolute atomic E-state index is 13.0. The highest BCUT2D eigenvalue weighted by Crippen LogP contribution is 2.17. The molecule has 26 heavy (non-hydrogen) atoms. The van der Waals surface area contributed by atoms with Gasteiger partial charge in [0.2, 0.25) is 0 Å². The van der Waals surface area contributed by atoms with E-state index < -0.39 is 18.0 Å². The number of halogens is 1. The van der Waals surface area contributed by atoms with Crippen LogP contribution in [0.2, 0.25) is 0 Å². The van der Waals surface area contributed by atoms with Crippen LogP contribution in [0.4, 0.5) is 9.52 Å². The van der Waals surface area contributed by atoms with Crippen LogP contribution in [0.25, 0.3) is 0 Å². The number of rotatable bonds is 8. The summed E-state index contributed by atoms with van der Waals surface area (Å²) in [6.07, 6.45) is 0.686. The minimum absolute atomic E-state index is 0.132. The summed E-state index contributed by atoms with van der Waals surface area (Å²) < 4.78 is 18.1. The van der Waals surface area contributed by atoms with Crippen LogP contribution in [0.5, 0.6) is 0 Å². The van der Waals surface area contributed by atoms with Gasteiger partial charge in [-0.25, -0.2) is 14.2 Å². The van der Waals surface area contributed by atoms with Gasteiger partial charge in [0, 0.05) is 11.9 Å². The van der Waals surface area contributed by atoms with E-state index in [4.69, 9.17) is 4.74 Å². The number of ether oxygens (including phenoxy) is 1. The number of amides is 1. The van der Waals surface area contributed by atoms with Crippen molar-refractivity contribution in [3.8, 4) is 0 Å². The lowest BCUT2D eigenvalue weighted by Crippen LogP contribution is -2.37. The number of hydrogen-bond donors (Lipinski definition) is 2. The van der Waals surface area contributed by atoms with Gasteiger partial charge in [-0.3, -0.25) is 4.79 Å². The number of aromatic nitrogens is 1. The van der Waals surface area contributed by atoms with E-state index in [1.807, 2.05) is 0 Å². The number of benzene rings is 1. The third kappa shape index (κ3) is 5.38. The molecule has 0 aliphatic heterocycles. The van der Waals surface area contributed by atoms with Gasteiger partial charge in [-0.1, -0.05) is 18.2 Å². The molecule has 2 atom stereocenters. The Balaban J connectivity index is 1.89. The molecule has 2 rings (SSSR count). The van der Waals surface area contributed by atoms with Crippen LogP contribution in [0.15, 0.2) is 42.3 Å². The summed E-state index contributed by atoms with van der Waals surface area (Å²) in [5, 5.41) is 7.82. The van der Waals surface area contributed by atoms with Crippen molar-refractivity contribution in [1.82, 2.24) is 10.3 Å². The van der Waals surface area contributed by atoms with Crippen molar-refractivity contribution < 1.29 is 18.7 Å². The van der Waals surface area contributed by atoms with Crippen LogP contribution in [-0.2, 0) is 9.53 Å². The van der Waals surface area contributed by atoms with Crippen LogP contribution in [0.1, 0.15) is 35.9 Å². The molecule has 0 spiro atoms. The summed E-state index contributed by atoms with van der Waals surface area (Å²) in [4.78, 5) is 28.4. The summed E-state index contributed by atoms with van der Waals surface area (Å²) in [7, 11) is 0. The molecule has 0 aliphatic carbocycles. The maximum Gasteiger partial charge on any atom is 0.358 e. The molecule has 0 radical (unpaired) electrons. The topological polar surface area (TPSA) is 80.3 Å². The van der Waals surface area contributed by atoms with Crippen LogP contribution in [0.3, 0.4) is 0 Å². The number of hydrogen-bond acceptors (Lipinski definition) is 6. The molecular weight excluding hydrogens is 357 g/mol. The SMILES string of the molecule is C=CCNc1nc(C(=O)OC(C)C(=O)NC(C)c2ccc(F)cc2)cs1. The zero-order chi connectivity index (χ0) is 19.1. The fraction of sp³-hybridized carbons (Fsp3) is 0.278. The van der Waals surface area contributed by atoms with Crippen LogP contribution in [-0.4, -0.2) is 29.5 Å². The highest BCUT2D eigenvalue weighted by molar-refractivity contribution is 7.13. The third-order valence-corrected chi connectivity index (χ3v) is 4.29. The number of carbonyl (C=O) groups is 2. The smallest absolute Gasteiger partial charge is 0.358 e. The minimum atomic E-state index is -0.989. The van der Waals surface area contributed by atoms with Crippen molar-refractivity contribution in [1.29, 1.82) is 0 Å².